The Bertz CT molecular complexity index is 1190. The fourth-order valence-corrected chi connectivity index (χ4v) is 4.85. The first kappa shape index (κ1) is 21.4. The van der Waals surface area contributed by atoms with Gasteiger partial charge in [0.2, 0.25) is 0 Å². The van der Waals surface area contributed by atoms with Gasteiger partial charge in [0, 0.05) is 19.5 Å². The molecule has 2 aliphatic rings. The minimum Gasteiger partial charge on any atom is -0.497 e. The summed E-state index contributed by atoms with van der Waals surface area (Å²) in [5, 5.41) is 6.58. The molecule has 0 saturated carbocycles. The lowest BCUT2D eigenvalue weighted by molar-refractivity contribution is -0.134. The lowest BCUT2D eigenvalue weighted by atomic mass is 9.95. The van der Waals surface area contributed by atoms with Crippen molar-refractivity contribution in [3.8, 4) is 5.75 Å². The second-order valence-electron chi connectivity index (χ2n) is 8.82. The Morgan fingerprint density at radius 3 is 2.48 bits per heavy atom. The number of hydrogen-bond donors (Lipinski definition) is 0. The molecule has 3 aromatic carbocycles. The molecule has 5 rings (SSSR count). The van der Waals surface area contributed by atoms with Gasteiger partial charge >= 0.3 is 0 Å². The third-order valence-electron chi connectivity index (χ3n) is 6.71. The van der Waals surface area contributed by atoms with Crippen LogP contribution >= 0.6 is 0 Å². The van der Waals surface area contributed by atoms with Gasteiger partial charge < -0.3 is 4.74 Å². The van der Waals surface area contributed by atoms with Crippen LogP contribution < -0.4 is 4.74 Å². The van der Waals surface area contributed by atoms with Crippen LogP contribution in [0.4, 0.5) is 0 Å². The summed E-state index contributed by atoms with van der Waals surface area (Å²) >= 11 is 0. The van der Waals surface area contributed by atoms with Crippen molar-refractivity contribution < 1.29 is 9.53 Å². The Morgan fingerprint density at radius 2 is 1.73 bits per heavy atom. The molecule has 168 valence electrons. The van der Waals surface area contributed by atoms with Crippen molar-refractivity contribution in [3.63, 3.8) is 0 Å². The van der Waals surface area contributed by atoms with E-state index in [2.05, 4.69) is 48.2 Å². The maximum atomic E-state index is 13.6. The lowest BCUT2D eigenvalue weighted by Gasteiger charge is -2.30. The third kappa shape index (κ3) is 4.41. The molecule has 5 heteroatoms. The predicted octanol–water partition coefficient (Wildman–Crippen LogP) is 4.74. The molecule has 0 bridgehead atoms. The number of fused-ring (bicyclic) bond motifs is 1. The molecule has 0 radical (unpaired) electrons. The number of methoxy groups -OCH3 is 1. The summed E-state index contributed by atoms with van der Waals surface area (Å²) in [5.74, 6) is 0.859. The third-order valence-corrected chi connectivity index (χ3v) is 6.71. The highest BCUT2D eigenvalue weighted by molar-refractivity contribution is 6.03. The van der Waals surface area contributed by atoms with Gasteiger partial charge in [-0.3, -0.25) is 9.69 Å². The maximum Gasteiger partial charge on any atom is 0.257 e. The molecule has 0 N–H and O–H groups in total. The molecule has 1 unspecified atom stereocenters. The molecule has 2 aliphatic heterocycles. The van der Waals surface area contributed by atoms with E-state index < -0.39 is 0 Å². The molecule has 0 aromatic heterocycles. The monoisotopic (exact) mass is 439 g/mol. The molecule has 0 saturated heterocycles. The average molecular weight is 440 g/mol. The van der Waals surface area contributed by atoms with Crippen LogP contribution in [-0.4, -0.2) is 41.7 Å². The van der Waals surface area contributed by atoms with Gasteiger partial charge in [-0.15, -0.1) is 0 Å². The van der Waals surface area contributed by atoms with Gasteiger partial charge in [0.25, 0.3) is 5.91 Å². The molecular formula is C28H29N3O2. The van der Waals surface area contributed by atoms with Crippen molar-refractivity contribution in [2.45, 2.75) is 32.4 Å². The van der Waals surface area contributed by atoms with E-state index in [9.17, 15) is 4.79 Å². The largest absolute Gasteiger partial charge is 0.497 e. The van der Waals surface area contributed by atoms with Crippen molar-refractivity contribution in [2.24, 2.45) is 5.10 Å². The van der Waals surface area contributed by atoms with Crippen molar-refractivity contribution in [1.82, 2.24) is 9.91 Å². The normalized spacial score (nSPS) is 18.1. The minimum atomic E-state index is -0.0899. The van der Waals surface area contributed by atoms with Crippen molar-refractivity contribution in [1.29, 1.82) is 0 Å². The first-order chi connectivity index (χ1) is 16.1. The highest BCUT2D eigenvalue weighted by atomic mass is 16.5. The molecule has 5 nitrogen and oxygen atoms in total. The molecular weight excluding hydrogens is 410 g/mol. The zero-order chi connectivity index (χ0) is 22.8. The van der Waals surface area contributed by atoms with Gasteiger partial charge in [0.1, 0.15) is 5.75 Å². The van der Waals surface area contributed by atoms with Gasteiger partial charge in [-0.1, -0.05) is 48.5 Å². The summed E-state index contributed by atoms with van der Waals surface area (Å²) in [7, 11) is 1.66. The Kier molecular flexibility index (Phi) is 5.97. The number of amides is 1. The Balaban J connectivity index is 1.40. The first-order valence-electron chi connectivity index (χ1n) is 11.5. The number of hydrogen-bond acceptors (Lipinski definition) is 4. The molecule has 0 spiro atoms. The van der Waals surface area contributed by atoms with Gasteiger partial charge in [-0.05, 0) is 65.4 Å². The van der Waals surface area contributed by atoms with Crippen LogP contribution in [0.2, 0.25) is 0 Å². The van der Waals surface area contributed by atoms with Gasteiger partial charge in [-0.2, -0.15) is 5.10 Å². The minimum absolute atomic E-state index is 0.0474. The van der Waals surface area contributed by atoms with Crippen LogP contribution in [-0.2, 0) is 17.8 Å². The van der Waals surface area contributed by atoms with Gasteiger partial charge in [0.05, 0.1) is 25.4 Å². The highest BCUT2D eigenvalue weighted by Crippen LogP contribution is 2.35. The van der Waals surface area contributed by atoms with Crippen LogP contribution in [0.15, 0.2) is 77.9 Å². The molecule has 0 aliphatic carbocycles. The van der Waals surface area contributed by atoms with Crippen molar-refractivity contribution in [2.75, 3.05) is 20.2 Å². The standard InChI is InChI=1S/C28H29N3O2/c1-20-7-3-6-10-25(20)27-17-26(22-11-13-24(33-2)14-12-22)29-31(27)28(32)19-30-16-15-21-8-4-5-9-23(21)18-30/h3-14,27H,15-19H2,1-2H3. The van der Waals surface area contributed by atoms with E-state index in [1.54, 1.807) is 12.1 Å². The number of carbonyl (C=O) groups excluding carboxylic acids is 1. The number of rotatable bonds is 5. The summed E-state index contributed by atoms with van der Waals surface area (Å²) in [6.45, 7) is 4.17. The smallest absolute Gasteiger partial charge is 0.257 e. The van der Waals surface area contributed by atoms with E-state index in [0.717, 1.165) is 42.1 Å². The zero-order valence-corrected chi connectivity index (χ0v) is 19.2. The number of hydrazone groups is 1. The summed E-state index contributed by atoms with van der Waals surface area (Å²) < 4.78 is 5.30. The summed E-state index contributed by atoms with van der Waals surface area (Å²) in [6.07, 6.45) is 1.68. The van der Waals surface area contributed by atoms with Crippen LogP contribution in [0, 0.1) is 6.92 Å². The summed E-state index contributed by atoms with van der Waals surface area (Å²) in [6, 6.07) is 24.6. The number of benzene rings is 3. The van der Waals surface area contributed by atoms with E-state index in [1.165, 1.54) is 16.7 Å². The fraction of sp³-hybridized carbons (Fsp3) is 0.286. The molecule has 0 fully saturated rings. The van der Waals surface area contributed by atoms with Crippen LogP contribution in [0.3, 0.4) is 0 Å². The number of nitrogens with zero attached hydrogens (tertiary/aromatic N) is 3. The Morgan fingerprint density at radius 1 is 1.00 bits per heavy atom. The zero-order valence-electron chi connectivity index (χ0n) is 19.2. The molecule has 1 amide bonds. The van der Waals surface area contributed by atoms with Crippen LogP contribution in [0.1, 0.15) is 40.3 Å². The van der Waals surface area contributed by atoms with E-state index in [-0.39, 0.29) is 11.9 Å². The summed E-state index contributed by atoms with van der Waals surface area (Å²) in [5.41, 5.74) is 7.00. The van der Waals surface area contributed by atoms with E-state index in [4.69, 9.17) is 9.84 Å². The van der Waals surface area contributed by atoms with E-state index >= 15 is 0 Å². The highest BCUT2D eigenvalue weighted by Gasteiger charge is 2.34. The van der Waals surface area contributed by atoms with E-state index in [0.29, 0.717) is 13.0 Å². The lowest BCUT2D eigenvalue weighted by Crippen LogP contribution is -2.40. The predicted molar refractivity (Wildman–Crippen MR) is 130 cm³/mol. The topological polar surface area (TPSA) is 45.1 Å². The summed E-state index contributed by atoms with van der Waals surface area (Å²) in [4.78, 5) is 15.8. The van der Waals surface area contributed by atoms with Crippen molar-refractivity contribution in [3.05, 3.63) is 101 Å². The Labute approximate surface area is 195 Å². The van der Waals surface area contributed by atoms with Crippen LogP contribution in [0.25, 0.3) is 0 Å². The van der Waals surface area contributed by atoms with Gasteiger partial charge in [-0.25, -0.2) is 5.01 Å². The molecule has 1 atom stereocenters. The average Bonchev–Trinajstić information content (AvgIpc) is 3.30. The molecule has 3 aromatic rings. The Hall–Kier alpha value is -3.44. The maximum absolute atomic E-state index is 13.6. The number of carbonyl (C=O) groups is 1. The van der Waals surface area contributed by atoms with Crippen molar-refractivity contribution >= 4 is 11.6 Å². The SMILES string of the molecule is COc1ccc(C2=NN(C(=O)CN3CCc4ccccc4C3)C(c3ccccc3C)C2)cc1. The number of aryl methyl sites for hydroxylation is 1. The second kappa shape index (κ2) is 9.20. The quantitative estimate of drug-likeness (QED) is 0.577. The fourth-order valence-electron chi connectivity index (χ4n) is 4.85. The molecule has 33 heavy (non-hydrogen) atoms. The number of ether oxygens (including phenoxy) is 1. The molecule has 2 heterocycles. The van der Waals surface area contributed by atoms with E-state index in [1.807, 2.05) is 36.4 Å². The second-order valence-corrected chi connectivity index (χ2v) is 8.82. The first-order valence-corrected chi connectivity index (χ1v) is 11.5. The van der Waals surface area contributed by atoms with Gasteiger partial charge in [0.15, 0.2) is 0 Å². The van der Waals surface area contributed by atoms with Crippen LogP contribution in [0.5, 0.6) is 5.75 Å².